The highest BCUT2D eigenvalue weighted by molar-refractivity contribution is 5.86. The SMILES string of the molecule is CC(=O)NCCNC(=O)C1(N)CCCC(C)C1. The van der Waals surface area contributed by atoms with Crippen LogP contribution in [0.1, 0.15) is 39.5 Å². The third-order valence-electron chi connectivity index (χ3n) is 3.27. The van der Waals surface area contributed by atoms with Crippen LogP contribution in [0.5, 0.6) is 0 Å². The molecule has 0 aromatic heterocycles. The van der Waals surface area contributed by atoms with Crippen molar-refractivity contribution >= 4 is 11.8 Å². The highest BCUT2D eigenvalue weighted by atomic mass is 16.2. The summed E-state index contributed by atoms with van der Waals surface area (Å²) in [5, 5.41) is 5.42. The maximum atomic E-state index is 12.0. The van der Waals surface area contributed by atoms with Crippen molar-refractivity contribution in [3.05, 3.63) is 0 Å². The second-order valence-electron chi connectivity index (χ2n) is 5.10. The first-order chi connectivity index (χ1) is 7.94. The van der Waals surface area contributed by atoms with Crippen molar-refractivity contribution in [3.63, 3.8) is 0 Å². The largest absolute Gasteiger partial charge is 0.355 e. The summed E-state index contributed by atoms with van der Waals surface area (Å²) in [5.74, 6) is 0.331. The van der Waals surface area contributed by atoms with E-state index in [4.69, 9.17) is 5.73 Å². The van der Waals surface area contributed by atoms with Gasteiger partial charge in [-0.15, -0.1) is 0 Å². The van der Waals surface area contributed by atoms with Crippen molar-refractivity contribution in [2.75, 3.05) is 13.1 Å². The Hall–Kier alpha value is -1.10. The maximum absolute atomic E-state index is 12.0. The Balaban J connectivity index is 2.33. The van der Waals surface area contributed by atoms with Crippen LogP contribution >= 0.6 is 0 Å². The molecular formula is C12H23N3O2. The molecule has 0 heterocycles. The molecule has 1 rings (SSSR count). The summed E-state index contributed by atoms with van der Waals surface area (Å²) in [5.41, 5.74) is 5.42. The minimum Gasteiger partial charge on any atom is -0.355 e. The molecule has 5 nitrogen and oxygen atoms in total. The Morgan fingerprint density at radius 2 is 2.00 bits per heavy atom. The van der Waals surface area contributed by atoms with E-state index in [2.05, 4.69) is 17.6 Å². The zero-order valence-electron chi connectivity index (χ0n) is 10.7. The third-order valence-corrected chi connectivity index (χ3v) is 3.27. The lowest BCUT2D eigenvalue weighted by molar-refractivity contribution is -0.128. The van der Waals surface area contributed by atoms with Gasteiger partial charge in [-0.05, 0) is 18.8 Å². The average Bonchev–Trinajstić information content (AvgIpc) is 2.23. The summed E-state index contributed by atoms with van der Waals surface area (Å²) >= 11 is 0. The van der Waals surface area contributed by atoms with Crippen LogP contribution in [0.4, 0.5) is 0 Å². The van der Waals surface area contributed by atoms with Crippen LogP contribution in [0.3, 0.4) is 0 Å². The Morgan fingerprint density at radius 3 is 2.59 bits per heavy atom. The number of amides is 2. The van der Waals surface area contributed by atoms with E-state index in [1.165, 1.54) is 6.92 Å². The predicted octanol–water partition coefficient (Wildman–Crippen LogP) is 0.146. The van der Waals surface area contributed by atoms with Gasteiger partial charge in [0.2, 0.25) is 11.8 Å². The van der Waals surface area contributed by atoms with Crippen LogP contribution in [0.2, 0.25) is 0 Å². The first-order valence-electron chi connectivity index (χ1n) is 6.25. The molecule has 1 saturated carbocycles. The second-order valence-corrected chi connectivity index (χ2v) is 5.10. The predicted molar refractivity (Wildman–Crippen MR) is 66.2 cm³/mol. The molecule has 1 aliphatic carbocycles. The number of carbonyl (C=O) groups is 2. The molecule has 0 bridgehead atoms. The minimum atomic E-state index is -0.714. The Morgan fingerprint density at radius 1 is 1.35 bits per heavy atom. The lowest BCUT2D eigenvalue weighted by atomic mass is 9.76. The van der Waals surface area contributed by atoms with Crippen LogP contribution in [0.15, 0.2) is 0 Å². The highest BCUT2D eigenvalue weighted by Gasteiger charge is 2.37. The molecule has 1 fully saturated rings. The van der Waals surface area contributed by atoms with E-state index < -0.39 is 5.54 Å². The van der Waals surface area contributed by atoms with Crippen molar-refractivity contribution < 1.29 is 9.59 Å². The summed E-state index contributed by atoms with van der Waals surface area (Å²) in [7, 11) is 0. The van der Waals surface area contributed by atoms with E-state index in [1.807, 2.05) is 0 Å². The smallest absolute Gasteiger partial charge is 0.240 e. The standard InChI is InChI=1S/C12H23N3O2/c1-9-4-3-5-12(13,8-9)11(17)15-7-6-14-10(2)16/h9H,3-8,13H2,1-2H3,(H,14,16)(H,15,17). The van der Waals surface area contributed by atoms with E-state index in [-0.39, 0.29) is 11.8 Å². The fourth-order valence-electron chi connectivity index (χ4n) is 2.39. The molecular weight excluding hydrogens is 218 g/mol. The van der Waals surface area contributed by atoms with Gasteiger partial charge in [-0.3, -0.25) is 9.59 Å². The van der Waals surface area contributed by atoms with Gasteiger partial charge in [0.1, 0.15) is 0 Å². The monoisotopic (exact) mass is 241 g/mol. The van der Waals surface area contributed by atoms with Crippen molar-refractivity contribution in [1.29, 1.82) is 0 Å². The molecule has 1 aliphatic rings. The first kappa shape index (κ1) is 14.0. The normalized spacial score (nSPS) is 28.5. The average molecular weight is 241 g/mol. The molecule has 4 N–H and O–H groups in total. The van der Waals surface area contributed by atoms with E-state index in [9.17, 15) is 9.59 Å². The van der Waals surface area contributed by atoms with Crippen LogP contribution in [0, 0.1) is 5.92 Å². The number of rotatable bonds is 4. The van der Waals surface area contributed by atoms with Gasteiger partial charge in [0.25, 0.3) is 0 Å². The molecule has 2 atom stereocenters. The molecule has 2 amide bonds. The topological polar surface area (TPSA) is 84.2 Å². The summed E-state index contributed by atoms with van der Waals surface area (Å²) < 4.78 is 0. The van der Waals surface area contributed by atoms with E-state index in [1.54, 1.807) is 0 Å². The van der Waals surface area contributed by atoms with Crippen molar-refractivity contribution in [1.82, 2.24) is 10.6 Å². The molecule has 17 heavy (non-hydrogen) atoms. The third kappa shape index (κ3) is 4.34. The fraction of sp³-hybridized carbons (Fsp3) is 0.833. The molecule has 0 saturated heterocycles. The van der Waals surface area contributed by atoms with Crippen molar-refractivity contribution in [2.45, 2.75) is 45.1 Å². The van der Waals surface area contributed by atoms with Gasteiger partial charge < -0.3 is 16.4 Å². The van der Waals surface area contributed by atoms with E-state index in [0.717, 1.165) is 25.7 Å². The zero-order valence-corrected chi connectivity index (χ0v) is 10.7. The summed E-state index contributed by atoms with van der Waals surface area (Å²) in [4.78, 5) is 22.6. The number of carbonyl (C=O) groups excluding carboxylic acids is 2. The Kier molecular flexibility index (Phi) is 4.93. The molecule has 0 aromatic rings. The number of hydrogen-bond acceptors (Lipinski definition) is 3. The van der Waals surface area contributed by atoms with Gasteiger partial charge in [-0.25, -0.2) is 0 Å². The van der Waals surface area contributed by atoms with Crippen LogP contribution < -0.4 is 16.4 Å². The molecule has 0 spiro atoms. The second kappa shape index (κ2) is 6.00. The van der Waals surface area contributed by atoms with Gasteiger partial charge in [-0.2, -0.15) is 0 Å². The number of nitrogens with one attached hydrogen (secondary N) is 2. The molecule has 0 aromatic carbocycles. The molecule has 98 valence electrons. The van der Waals surface area contributed by atoms with Crippen LogP contribution in [-0.4, -0.2) is 30.4 Å². The number of nitrogens with two attached hydrogens (primary N) is 1. The molecule has 0 radical (unpaired) electrons. The van der Waals surface area contributed by atoms with Gasteiger partial charge in [0.15, 0.2) is 0 Å². The lowest BCUT2D eigenvalue weighted by Gasteiger charge is -2.35. The fourth-order valence-corrected chi connectivity index (χ4v) is 2.39. The molecule has 2 unspecified atom stereocenters. The van der Waals surface area contributed by atoms with Crippen LogP contribution in [0.25, 0.3) is 0 Å². The number of hydrogen-bond donors (Lipinski definition) is 3. The van der Waals surface area contributed by atoms with Gasteiger partial charge in [0.05, 0.1) is 5.54 Å². The summed E-state index contributed by atoms with van der Waals surface area (Å²) in [6.45, 7) is 4.47. The Bertz CT molecular complexity index is 293. The van der Waals surface area contributed by atoms with Crippen molar-refractivity contribution in [3.8, 4) is 0 Å². The van der Waals surface area contributed by atoms with Gasteiger partial charge in [-0.1, -0.05) is 19.8 Å². The van der Waals surface area contributed by atoms with E-state index in [0.29, 0.717) is 19.0 Å². The van der Waals surface area contributed by atoms with Gasteiger partial charge in [0, 0.05) is 20.0 Å². The maximum Gasteiger partial charge on any atom is 0.240 e. The van der Waals surface area contributed by atoms with E-state index >= 15 is 0 Å². The summed E-state index contributed by atoms with van der Waals surface area (Å²) in [6, 6.07) is 0. The molecule has 5 heteroatoms. The Labute approximate surface area is 103 Å². The zero-order chi connectivity index (χ0) is 12.9. The lowest BCUT2D eigenvalue weighted by Crippen LogP contribution is -2.56. The van der Waals surface area contributed by atoms with Gasteiger partial charge >= 0.3 is 0 Å². The minimum absolute atomic E-state index is 0.0885. The van der Waals surface area contributed by atoms with Crippen LogP contribution in [-0.2, 0) is 9.59 Å². The van der Waals surface area contributed by atoms with Crippen molar-refractivity contribution in [2.24, 2.45) is 11.7 Å². The molecule has 0 aliphatic heterocycles. The highest BCUT2D eigenvalue weighted by Crippen LogP contribution is 2.30. The summed E-state index contributed by atoms with van der Waals surface area (Å²) in [6.07, 6.45) is 3.66. The first-order valence-corrected chi connectivity index (χ1v) is 6.25. The quantitative estimate of drug-likeness (QED) is 0.612.